The van der Waals surface area contributed by atoms with Crippen LogP contribution in [0.4, 0.5) is 0 Å². The molecule has 1 aromatic rings. The molecule has 2 rings (SSSR count). The summed E-state index contributed by atoms with van der Waals surface area (Å²) < 4.78 is 5.21. The summed E-state index contributed by atoms with van der Waals surface area (Å²) in [6, 6.07) is 3.46. The van der Waals surface area contributed by atoms with Gasteiger partial charge in [-0.3, -0.25) is 9.79 Å². The van der Waals surface area contributed by atoms with Gasteiger partial charge in [-0.25, -0.2) is 0 Å². The maximum absolute atomic E-state index is 12.3. The topological polar surface area (TPSA) is 61.1 Å². The summed E-state index contributed by atoms with van der Waals surface area (Å²) in [5.74, 6) is 2.07. The number of aliphatic imine (C=N–C) groups is 1. The third kappa shape index (κ3) is 6.87. The second-order valence-corrected chi connectivity index (χ2v) is 6.53. The summed E-state index contributed by atoms with van der Waals surface area (Å²) in [6.07, 6.45) is 3.86. The minimum absolute atomic E-state index is 0. The van der Waals surface area contributed by atoms with E-state index >= 15 is 0 Å². The molecule has 0 unspecified atom stereocenters. The molecule has 0 aromatic carbocycles. The second kappa shape index (κ2) is 11.4. The molecule has 1 aliphatic rings. The van der Waals surface area contributed by atoms with Crippen molar-refractivity contribution in [2.75, 3.05) is 39.3 Å². The smallest absolute Gasteiger partial charge is 0.289 e. The molecule has 0 bridgehead atoms. The average molecular weight is 462 g/mol. The van der Waals surface area contributed by atoms with Crippen molar-refractivity contribution >= 4 is 35.8 Å². The number of furan rings is 1. The van der Waals surface area contributed by atoms with Crippen LogP contribution in [0.15, 0.2) is 27.8 Å². The van der Waals surface area contributed by atoms with Gasteiger partial charge in [-0.1, -0.05) is 13.8 Å². The molecule has 1 fully saturated rings. The van der Waals surface area contributed by atoms with E-state index in [-0.39, 0.29) is 29.9 Å². The number of amides is 1. The number of carbonyl (C=O) groups excluding carboxylic acids is 1. The monoisotopic (exact) mass is 462 g/mol. The van der Waals surface area contributed by atoms with Crippen LogP contribution in [0.2, 0.25) is 0 Å². The summed E-state index contributed by atoms with van der Waals surface area (Å²) in [6.45, 7) is 11.2. The Morgan fingerprint density at radius 3 is 2.52 bits per heavy atom. The van der Waals surface area contributed by atoms with Crippen molar-refractivity contribution in [3.63, 3.8) is 0 Å². The van der Waals surface area contributed by atoms with Gasteiger partial charge in [-0.2, -0.15) is 0 Å². The molecule has 0 saturated carbocycles. The van der Waals surface area contributed by atoms with Crippen molar-refractivity contribution in [3.05, 3.63) is 24.2 Å². The van der Waals surface area contributed by atoms with Crippen molar-refractivity contribution in [2.24, 2.45) is 10.9 Å². The van der Waals surface area contributed by atoms with E-state index in [9.17, 15) is 4.79 Å². The van der Waals surface area contributed by atoms with Crippen molar-refractivity contribution in [2.45, 2.75) is 33.6 Å². The molecule has 2 heterocycles. The number of nitrogens with one attached hydrogen (secondary N) is 1. The van der Waals surface area contributed by atoms with Gasteiger partial charge in [0.15, 0.2) is 11.7 Å². The zero-order chi connectivity index (χ0) is 17.4. The van der Waals surface area contributed by atoms with Gasteiger partial charge in [-0.05, 0) is 37.8 Å². The first-order valence-corrected chi connectivity index (χ1v) is 8.97. The molecule has 25 heavy (non-hydrogen) atoms. The van der Waals surface area contributed by atoms with Crippen LogP contribution in [-0.4, -0.2) is 60.9 Å². The van der Waals surface area contributed by atoms with Gasteiger partial charge < -0.3 is 19.5 Å². The molecular formula is C18H31IN4O2. The fraction of sp³-hybridized carbons (Fsp3) is 0.667. The molecule has 0 aliphatic carbocycles. The Labute approximate surface area is 168 Å². The molecule has 1 saturated heterocycles. The van der Waals surface area contributed by atoms with E-state index in [1.807, 2.05) is 4.90 Å². The van der Waals surface area contributed by atoms with Crippen LogP contribution in [0.5, 0.6) is 0 Å². The Balaban J connectivity index is 0.00000312. The Morgan fingerprint density at radius 2 is 1.96 bits per heavy atom. The highest BCUT2D eigenvalue weighted by molar-refractivity contribution is 14.0. The maximum Gasteiger partial charge on any atom is 0.289 e. The molecule has 0 atom stereocenters. The number of halogens is 1. The van der Waals surface area contributed by atoms with E-state index in [2.05, 4.69) is 31.0 Å². The van der Waals surface area contributed by atoms with Crippen LogP contribution in [-0.2, 0) is 0 Å². The fourth-order valence-electron chi connectivity index (χ4n) is 2.79. The van der Waals surface area contributed by atoms with Gasteiger partial charge in [0.25, 0.3) is 5.91 Å². The highest BCUT2D eigenvalue weighted by atomic mass is 127. The molecule has 6 nitrogen and oxygen atoms in total. The van der Waals surface area contributed by atoms with Crippen molar-refractivity contribution in [1.29, 1.82) is 0 Å². The molecular weight excluding hydrogens is 431 g/mol. The molecule has 1 N–H and O–H groups in total. The SMILES string of the molecule is CCNC(=NCCCC(C)C)N1CCN(C(=O)c2ccco2)CC1.I. The van der Waals surface area contributed by atoms with Gasteiger partial charge in [-0.15, -0.1) is 24.0 Å². The van der Waals surface area contributed by atoms with Gasteiger partial charge in [0, 0.05) is 39.3 Å². The van der Waals surface area contributed by atoms with Crippen LogP contribution in [0.25, 0.3) is 0 Å². The number of nitrogens with zero attached hydrogens (tertiary/aromatic N) is 3. The predicted molar refractivity (Wildman–Crippen MR) is 112 cm³/mol. The molecule has 1 aliphatic heterocycles. The largest absolute Gasteiger partial charge is 0.459 e. The van der Waals surface area contributed by atoms with Crippen molar-refractivity contribution in [3.8, 4) is 0 Å². The molecule has 0 spiro atoms. The van der Waals surface area contributed by atoms with Gasteiger partial charge >= 0.3 is 0 Å². The van der Waals surface area contributed by atoms with E-state index < -0.39 is 0 Å². The van der Waals surface area contributed by atoms with E-state index in [4.69, 9.17) is 9.41 Å². The van der Waals surface area contributed by atoms with E-state index in [0.717, 1.165) is 44.5 Å². The van der Waals surface area contributed by atoms with Crippen molar-refractivity contribution < 1.29 is 9.21 Å². The lowest BCUT2D eigenvalue weighted by molar-refractivity contribution is 0.0657. The van der Waals surface area contributed by atoms with Crippen LogP contribution in [0.3, 0.4) is 0 Å². The highest BCUT2D eigenvalue weighted by Gasteiger charge is 2.25. The lowest BCUT2D eigenvalue weighted by Gasteiger charge is -2.36. The van der Waals surface area contributed by atoms with Gasteiger partial charge in [0.1, 0.15) is 0 Å². The Kier molecular flexibility index (Phi) is 9.92. The number of guanidine groups is 1. The number of piperazine rings is 1. The van der Waals surface area contributed by atoms with Gasteiger partial charge in [0.05, 0.1) is 6.26 Å². The zero-order valence-electron chi connectivity index (χ0n) is 15.5. The Morgan fingerprint density at radius 1 is 1.28 bits per heavy atom. The summed E-state index contributed by atoms with van der Waals surface area (Å²) in [5, 5.41) is 3.37. The maximum atomic E-state index is 12.3. The first kappa shape index (κ1) is 21.8. The van der Waals surface area contributed by atoms with Crippen LogP contribution < -0.4 is 5.32 Å². The summed E-state index contributed by atoms with van der Waals surface area (Å²) in [5.41, 5.74) is 0. The third-order valence-corrected chi connectivity index (χ3v) is 4.13. The lowest BCUT2D eigenvalue weighted by atomic mass is 10.1. The highest BCUT2D eigenvalue weighted by Crippen LogP contribution is 2.10. The third-order valence-electron chi connectivity index (χ3n) is 4.13. The first-order valence-electron chi connectivity index (χ1n) is 8.97. The standard InChI is InChI=1S/C18H30N4O2.HI/c1-4-19-18(20-9-5-7-15(2)3)22-12-10-21(11-13-22)17(23)16-8-6-14-24-16;/h6,8,14-15H,4-5,7,9-13H2,1-3H3,(H,19,20);1H. The quantitative estimate of drug-likeness (QED) is 0.306. The van der Waals surface area contributed by atoms with E-state index in [0.29, 0.717) is 18.8 Å². The summed E-state index contributed by atoms with van der Waals surface area (Å²) in [4.78, 5) is 21.1. The molecule has 1 amide bonds. The van der Waals surface area contributed by atoms with Crippen LogP contribution in [0.1, 0.15) is 44.2 Å². The van der Waals surface area contributed by atoms with E-state index in [1.165, 1.54) is 12.7 Å². The number of carbonyl (C=O) groups is 1. The van der Waals surface area contributed by atoms with Crippen LogP contribution in [0, 0.1) is 5.92 Å². The van der Waals surface area contributed by atoms with Gasteiger partial charge in [0.2, 0.25) is 0 Å². The number of hydrogen-bond donors (Lipinski definition) is 1. The second-order valence-electron chi connectivity index (χ2n) is 6.53. The lowest BCUT2D eigenvalue weighted by Crippen LogP contribution is -2.53. The minimum Gasteiger partial charge on any atom is -0.459 e. The first-order chi connectivity index (χ1) is 11.6. The van der Waals surface area contributed by atoms with E-state index in [1.54, 1.807) is 12.1 Å². The molecule has 7 heteroatoms. The normalized spacial score (nSPS) is 15.3. The Bertz CT molecular complexity index is 523. The molecule has 1 aromatic heterocycles. The average Bonchev–Trinajstić information content (AvgIpc) is 3.11. The number of hydrogen-bond acceptors (Lipinski definition) is 3. The zero-order valence-corrected chi connectivity index (χ0v) is 17.9. The summed E-state index contributed by atoms with van der Waals surface area (Å²) in [7, 11) is 0. The van der Waals surface area contributed by atoms with Crippen molar-refractivity contribution in [1.82, 2.24) is 15.1 Å². The predicted octanol–water partition coefficient (Wildman–Crippen LogP) is 3.06. The summed E-state index contributed by atoms with van der Waals surface area (Å²) >= 11 is 0. The Hall–Kier alpha value is -1.25. The molecule has 0 radical (unpaired) electrons. The molecule has 142 valence electrons. The fourth-order valence-corrected chi connectivity index (χ4v) is 2.79. The van der Waals surface area contributed by atoms with Crippen LogP contribution >= 0.6 is 24.0 Å². The minimum atomic E-state index is -0.0291. The number of rotatable bonds is 6.